The lowest BCUT2D eigenvalue weighted by Gasteiger charge is -2.32. The monoisotopic (exact) mass is 279 g/mol. The minimum atomic E-state index is -0.430. The summed E-state index contributed by atoms with van der Waals surface area (Å²) in [6, 6.07) is 4.89. The molecule has 0 aromatic heterocycles. The number of carbonyl (C=O) groups is 1. The minimum Gasteiger partial charge on any atom is -0.335 e. The Bertz CT molecular complexity index is 452. The van der Waals surface area contributed by atoms with Gasteiger partial charge in [-0.15, -0.1) is 0 Å². The number of hydrogen-bond acceptors (Lipinski definition) is 1. The average Bonchev–Trinajstić information content (AvgIpc) is 2.40. The molecule has 2 nitrogen and oxygen atoms in total. The van der Waals surface area contributed by atoms with Gasteiger partial charge in [0.15, 0.2) is 0 Å². The topological polar surface area (TPSA) is 20.3 Å². The van der Waals surface area contributed by atoms with Crippen LogP contribution in [0.2, 0.25) is 0 Å². The van der Waals surface area contributed by atoms with Crippen molar-refractivity contribution < 1.29 is 9.18 Å². The van der Waals surface area contributed by atoms with Gasteiger partial charge in [0.05, 0.1) is 5.56 Å². The Hall–Kier alpha value is -1.38. The molecule has 3 heteroatoms. The van der Waals surface area contributed by atoms with Gasteiger partial charge < -0.3 is 4.90 Å². The van der Waals surface area contributed by atoms with Crippen molar-refractivity contribution in [3.63, 3.8) is 0 Å². The van der Waals surface area contributed by atoms with Crippen LogP contribution in [0.3, 0.4) is 0 Å². The van der Waals surface area contributed by atoms with Crippen molar-refractivity contribution in [2.75, 3.05) is 6.54 Å². The van der Waals surface area contributed by atoms with Crippen molar-refractivity contribution in [1.29, 1.82) is 0 Å². The van der Waals surface area contributed by atoms with Gasteiger partial charge in [0, 0.05) is 12.6 Å². The van der Waals surface area contributed by atoms with E-state index >= 15 is 0 Å². The van der Waals surface area contributed by atoms with Crippen LogP contribution in [0.5, 0.6) is 0 Å². The first-order valence-corrected chi connectivity index (χ1v) is 7.47. The molecule has 112 valence electrons. The van der Waals surface area contributed by atoms with E-state index in [-0.39, 0.29) is 17.5 Å². The molecule has 0 N–H and O–H groups in total. The third-order valence-electron chi connectivity index (χ3n) is 3.56. The maximum atomic E-state index is 13.9. The number of rotatable bonds is 6. The molecule has 0 heterocycles. The second kappa shape index (κ2) is 7.41. The van der Waals surface area contributed by atoms with Gasteiger partial charge in [0.2, 0.25) is 0 Å². The summed E-state index contributed by atoms with van der Waals surface area (Å²) in [6.45, 7) is 10.8. The number of benzene rings is 1. The number of amides is 1. The molecule has 0 radical (unpaired) electrons. The Morgan fingerprint density at radius 3 is 2.35 bits per heavy atom. The largest absolute Gasteiger partial charge is 0.335 e. The molecule has 0 aliphatic rings. The van der Waals surface area contributed by atoms with Crippen molar-refractivity contribution in [2.24, 2.45) is 5.92 Å². The first-order valence-electron chi connectivity index (χ1n) is 7.47. The first kappa shape index (κ1) is 16.7. The van der Waals surface area contributed by atoms with E-state index in [9.17, 15) is 9.18 Å². The maximum Gasteiger partial charge on any atom is 0.257 e. The third-order valence-corrected chi connectivity index (χ3v) is 3.56. The van der Waals surface area contributed by atoms with Crippen LogP contribution in [0.25, 0.3) is 0 Å². The summed E-state index contributed by atoms with van der Waals surface area (Å²) in [4.78, 5) is 14.5. The molecular formula is C17H26FNO. The lowest BCUT2D eigenvalue weighted by molar-refractivity contribution is 0.0635. The summed E-state index contributed by atoms with van der Waals surface area (Å²) in [5.41, 5.74) is 1.10. The fraction of sp³-hybridized carbons (Fsp3) is 0.588. The normalized spacial score (nSPS) is 11.2. The van der Waals surface area contributed by atoms with E-state index in [2.05, 4.69) is 27.7 Å². The quantitative estimate of drug-likeness (QED) is 0.754. The molecule has 0 fully saturated rings. The highest BCUT2D eigenvalue weighted by Crippen LogP contribution is 2.18. The Labute approximate surface area is 122 Å². The van der Waals surface area contributed by atoms with Crippen LogP contribution in [-0.2, 0) is 0 Å². The van der Waals surface area contributed by atoms with Crippen molar-refractivity contribution in [1.82, 2.24) is 4.90 Å². The SMILES string of the molecule is CCC(CC)N(CC(C)C)C(=O)c1cc(C)ccc1F. The van der Waals surface area contributed by atoms with Crippen LogP contribution in [0.4, 0.5) is 4.39 Å². The Balaban J connectivity index is 3.12. The Morgan fingerprint density at radius 2 is 1.85 bits per heavy atom. The molecule has 0 aliphatic heterocycles. The first-order chi connectivity index (χ1) is 9.40. The standard InChI is InChI=1S/C17H26FNO/c1-6-14(7-2)19(11-12(3)4)17(20)15-10-13(5)8-9-16(15)18/h8-10,12,14H,6-7,11H2,1-5H3. The average molecular weight is 279 g/mol. The summed E-state index contributed by atoms with van der Waals surface area (Å²) in [6.07, 6.45) is 1.78. The molecule has 0 bridgehead atoms. The van der Waals surface area contributed by atoms with E-state index < -0.39 is 5.82 Å². The number of halogens is 1. The molecule has 1 aromatic carbocycles. The van der Waals surface area contributed by atoms with Gasteiger partial charge in [-0.3, -0.25) is 4.79 Å². The van der Waals surface area contributed by atoms with Crippen LogP contribution < -0.4 is 0 Å². The molecular weight excluding hydrogens is 253 g/mol. The van der Waals surface area contributed by atoms with Gasteiger partial charge in [0.25, 0.3) is 5.91 Å². The molecule has 0 atom stereocenters. The summed E-state index contributed by atoms with van der Waals surface area (Å²) in [5, 5.41) is 0. The zero-order valence-corrected chi connectivity index (χ0v) is 13.2. The second-order valence-corrected chi connectivity index (χ2v) is 5.80. The van der Waals surface area contributed by atoms with Gasteiger partial charge in [-0.2, -0.15) is 0 Å². The fourth-order valence-electron chi connectivity index (χ4n) is 2.48. The van der Waals surface area contributed by atoms with Crippen LogP contribution in [0.1, 0.15) is 56.5 Å². The highest BCUT2D eigenvalue weighted by Gasteiger charge is 2.25. The number of hydrogen-bond donors (Lipinski definition) is 0. The van der Waals surface area contributed by atoms with E-state index in [1.807, 2.05) is 11.8 Å². The molecule has 20 heavy (non-hydrogen) atoms. The predicted molar refractivity (Wildman–Crippen MR) is 81.4 cm³/mol. The van der Waals surface area contributed by atoms with Crippen molar-refractivity contribution in [3.05, 3.63) is 35.1 Å². The number of carbonyl (C=O) groups excluding carboxylic acids is 1. The highest BCUT2D eigenvalue weighted by molar-refractivity contribution is 5.95. The smallest absolute Gasteiger partial charge is 0.257 e. The van der Waals surface area contributed by atoms with Crippen molar-refractivity contribution in [2.45, 2.75) is 53.5 Å². The summed E-state index contributed by atoms with van der Waals surface area (Å²) in [7, 11) is 0. The molecule has 0 unspecified atom stereocenters. The van der Waals surface area contributed by atoms with Gasteiger partial charge in [-0.25, -0.2) is 4.39 Å². The Morgan fingerprint density at radius 1 is 1.25 bits per heavy atom. The van der Waals surface area contributed by atoms with Crippen LogP contribution >= 0.6 is 0 Å². The molecule has 1 rings (SSSR count). The summed E-state index contributed by atoms with van der Waals surface area (Å²) < 4.78 is 13.9. The van der Waals surface area contributed by atoms with E-state index in [1.54, 1.807) is 12.1 Å². The maximum absolute atomic E-state index is 13.9. The molecule has 0 aliphatic carbocycles. The van der Waals surface area contributed by atoms with E-state index in [1.165, 1.54) is 6.07 Å². The van der Waals surface area contributed by atoms with Gasteiger partial charge >= 0.3 is 0 Å². The molecule has 0 saturated heterocycles. The molecule has 1 aromatic rings. The van der Waals surface area contributed by atoms with Gasteiger partial charge in [0.1, 0.15) is 5.82 Å². The highest BCUT2D eigenvalue weighted by atomic mass is 19.1. The number of aryl methyl sites for hydroxylation is 1. The molecule has 0 spiro atoms. The summed E-state index contributed by atoms with van der Waals surface area (Å²) in [5.74, 6) is -0.249. The lowest BCUT2D eigenvalue weighted by Crippen LogP contribution is -2.42. The van der Waals surface area contributed by atoms with Gasteiger partial charge in [-0.05, 0) is 37.8 Å². The molecule has 0 saturated carbocycles. The number of nitrogens with zero attached hydrogens (tertiary/aromatic N) is 1. The summed E-state index contributed by atoms with van der Waals surface area (Å²) >= 11 is 0. The second-order valence-electron chi connectivity index (χ2n) is 5.80. The molecule has 1 amide bonds. The Kier molecular flexibility index (Phi) is 6.18. The van der Waals surface area contributed by atoms with Crippen LogP contribution in [0, 0.1) is 18.7 Å². The minimum absolute atomic E-state index is 0.171. The zero-order valence-electron chi connectivity index (χ0n) is 13.2. The van der Waals surface area contributed by atoms with Crippen LogP contribution in [-0.4, -0.2) is 23.4 Å². The van der Waals surface area contributed by atoms with E-state index in [4.69, 9.17) is 0 Å². The fourth-order valence-corrected chi connectivity index (χ4v) is 2.48. The lowest BCUT2D eigenvalue weighted by atomic mass is 10.0. The van der Waals surface area contributed by atoms with E-state index in [0.717, 1.165) is 18.4 Å². The predicted octanol–water partition coefficient (Wildman–Crippen LogP) is 4.42. The third kappa shape index (κ3) is 4.06. The van der Waals surface area contributed by atoms with Gasteiger partial charge in [-0.1, -0.05) is 39.3 Å². The van der Waals surface area contributed by atoms with Crippen LogP contribution in [0.15, 0.2) is 18.2 Å². The van der Waals surface area contributed by atoms with Crippen molar-refractivity contribution >= 4 is 5.91 Å². The van der Waals surface area contributed by atoms with Crippen molar-refractivity contribution in [3.8, 4) is 0 Å². The van der Waals surface area contributed by atoms with E-state index in [0.29, 0.717) is 12.5 Å². The zero-order chi connectivity index (χ0) is 15.3.